The molecule has 84 heavy (non-hydrogen) atoms. The first-order chi connectivity index (χ1) is 41.4. The van der Waals surface area contributed by atoms with Crippen LogP contribution in [0, 0.1) is 0 Å². The summed E-state index contributed by atoms with van der Waals surface area (Å²) >= 11 is 0. The second-order valence-corrected chi connectivity index (χ2v) is 23.5. The molecule has 0 saturated heterocycles. The molecule has 1 unspecified atom stereocenters. The summed E-state index contributed by atoms with van der Waals surface area (Å²) in [5.74, 6) is 0. The Bertz CT molecular complexity index is 4970. The van der Waals surface area contributed by atoms with Gasteiger partial charge in [-0.15, -0.1) is 0 Å². The van der Waals surface area contributed by atoms with Crippen molar-refractivity contribution in [1.82, 2.24) is 4.57 Å². The van der Waals surface area contributed by atoms with Gasteiger partial charge < -0.3 is 9.47 Å². The minimum atomic E-state index is -0.548. The van der Waals surface area contributed by atoms with Gasteiger partial charge in [0.1, 0.15) is 0 Å². The van der Waals surface area contributed by atoms with Crippen LogP contribution in [0.5, 0.6) is 0 Å². The molecule has 13 aromatic carbocycles. The Morgan fingerprint density at radius 1 is 0.286 bits per heavy atom. The lowest BCUT2D eigenvalue weighted by Gasteiger charge is -2.31. The van der Waals surface area contributed by atoms with Crippen molar-refractivity contribution >= 4 is 38.9 Å². The van der Waals surface area contributed by atoms with E-state index in [1.54, 1.807) is 0 Å². The van der Waals surface area contributed by atoms with Gasteiger partial charge in [-0.1, -0.05) is 263 Å². The molecule has 14 aromatic rings. The Hall–Kier alpha value is -10.5. The Morgan fingerprint density at radius 2 is 0.774 bits per heavy atom. The summed E-state index contributed by atoms with van der Waals surface area (Å²) in [5, 5.41) is 2.40. The lowest BCUT2D eigenvalue weighted by atomic mass is 9.69. The Morgan fingerprint density at radius 3 is 1.50 bits per heavy atom. The summed E-state index contributed by atoms with van der Waals surface area (Å²) in [4.78, 5) is 2.54. The van der Waals surface area contributed by atoms with Crippen molar-refractivity contribution in [2.45, 2.75) is 24.7 Å². The average molecular weight is 1070 g/mol. The normalized spacial score (nSPS) is 14.7. The Balaban J connectivity index is 0.929. The second-order valence-electron chi connectivity index (χ2n) is 23.5. The first-order valence-electron chi connectivity index (χ1n) is 29.4. The zero-order valence-electron chi connectivity index (χ0n) is 46.8. The van der Waals surface area contributed by atoms with Crippen LogP contribution in [0.3, 0.4) is 0 Å². The lowest BCUT2D eigenvalue weighted by Crippen LogP contribution is -2.26. The molecule has 17 rings (SSSR count). The van der Waals surface area contributed by atoms with E-state index in [-0.39, 0.29) is 5.41 Å². The van der Waals surface area contributed by atoms with Gasteiger partial charge in [-0.05, 0) is 160 Å². The number of hydrogen-bond donors (Lipinski definition) is 0. The van der Waals surface area contributed by atoms with Gasteiger partial charge in [-0.3, -0.25) is 0 Å². The largest absolute Gasteiger partial charge is 0.308 e. The summed E-state index contributed by atoms with van der Waals surface area (Å²) in [7, 11) is 0. The molecule has 0 radical (unpaired) electrons. The fourth-order valence-corrected chi connectivity index (χ4v) is 15.1. The van der Waals surface area contributed by atoms with E-state index in [4.69, 9.17) is 0 Å². The lowest BCUT2D eigenvalue weighted by molar-refractivity contribution is 0.660. The van der Waals surface area contributed by atoms with E-state index in [2.05, 4.69) is 327 Å². The van der Waals surface area contributed by atoms with Gasteiger partial charge in [0.2, 0.25) is 0 Å². The van der Waals surface area contributed by atoms with Crippen LogP contribution in [-0.2, 0) is 10.8 Å². The maximum absolute atomic E-state index is 2.56. The molecular formula is C82H56N2. The third-order valence-corrected chi connectivity index (χ3v) is 18.8. The molecule has 0 fully saturated rings. The van der Waals surface area contributed by atoms with Gasteiger partial charge in [-0.25, -0.2) is 0 Å². The predicted octanol–water partition coefficient (Wildman–Crippen LogP) is 21.6. The number of nitrogens with zero attached hydrogens (tertiary/aromatic N) is 2. The van der Waals surface area contributed by atoms with Gasteiger partial charge in [0, 0.05) is 33.1 Å². The number of hydrogen-bond acceptors (Lipinski definition) is 1. The zero-order valence-corrected chi connectivity index (χ0v) is 46.8. The first-order valence-corrected chi connectivity index (χ1v) is 29.4. The zero-order chi connectivity index (χ0) is 55.7. The van der Waals surface area contributed by atoms with E-state index in [1.807, 2.05) is 0 Å². The van der Waals surface area contributed by atoms with E-state index in [0.717, 1.165) is 61.6 Å². The standard InChI is InChI=1S/C82H56N2/c1-81(2)69-35-17-13-32-67(69)78-72(81)47-48-73-79(78)68-33-14-19-37-71(68)82(73)70-36-18-12-30-63(70)64-46-43-57(52-74(64)82)59-49-58(54-25-8-4-9-26-54)50-61(51-59)83(75-38-20-15-29-62(75)56-27-10-5-11-28-56)77-40-22-34-66-65-31-16-21-39-76(65)84(80(66)77)60-44-41-55(42-45-60)53-23-6-3-7-24-53/h3-52H,1-2H3. The second kappa shape index (κ2) is 18.5. The van der Waals surface area contributed by atoms with Crippen molar-refractivity contribution < 1.29 is 0 Å². The number of para-hydroxylation sites is 3. The molecule has 0 saturated carbocycles. The third-order valence-electron chi connectivity index (χ3n) is 18.8. The van der Waals surface area contributed by atoms with Crippen molar-refractivity contribution in [3.63, 3.8) is 0 Å². The molecule has 2 heteroatoms. The summed E-state index contributed by atoms with van der Waals surface area (Å²) in [6.45, 7) is 4.80. The van der Waals surface area contributed by atoms with Crippen LogP contribution in [0.4, 0.5) is 17.1 Å². The highest BCUT2D eigenvalue weighted by atomic mass is 15.2. The topological polar surface area (TPSA) is 8.17 Å². The molecule has 1 atom stereocenters. The van der Waals surface area contributed by atoms with Gasteiger partial charge in [-0.2, -0.15) is 0 Å². The van der Waals surface area contributed by atoms with E-state index < -0.39 is 5.41 Å². The van der Waals surface area contributed by atoms with Crippen molar-refractivity contribution in [2.24, 2.45) is 0 Å². The average Bonchev–Trinajstić information content (AvgIpc) is 1.52. The van der Waals surface area contributed by atoms with Gasteiger partial charge in [0.25, 0.3) is 0 Å². The smallest absolute Gasteiger partial charge is 0.0782 e. The molecule has 0 aliphatic heterocycles. The minimum Gasteiger partial charge on any atom is -0.308 e. The molecule has 2 nitrogen and oxygen atoms in total. The highest BCUT2D eigenvalue weighted by Gasteiger charge is 2.54. The maximum atomic E-state index is 2.56. The Labute approximate surface area is 490 Å². The minimum absolute atomic E-state index is 0.127. The molecule has 0 N–H and O–H groups in total. The maximum Gasteiger partial charge on any atom is 0.0782 e. The monoisotopic (exact) mass is 1070 g/mol. The van der Waals surface area contributed by atoms with Crippen LogP contribution in [0.15, 0.2) is 303 Å². The quantitative estimate of drug-likeness (QED) is 0.147. The van der Waals surface area contributed by atoms with Crippen LogP contribution in [-0.4, -0.2) is 4.57 Å². The summed E-state index contributed by atoms with van der Waals surface area (Å²) in [6.07, 6.45) is 0. The highest BCUT2D eigenvalue weighted by molar-refractivity contribution is 6.15. The van der Waals surface area contributed by atoms with Gasteiger partial charge in [0.15, 0.2) is 0 Å². The van der Waals surface area contributed by atoms with Crippen LogP contribution in [0.2, 0.25) is 0 Å². The molecule has 1 aromatic heterocycles. The molecule has 0 amide bonds. The van der Waals surface area contributed by atoms with Crippen LogP contribution < -0.4 is 4.90 Å². The van der Waals surface area contributed by atoms with Crippen molar-refractivity contribution in [3.05, 3.63) is 337 Å². The van der Waals surface area contributed by atoms with Crippen LogP contribution in [0.1, 0.15) is 47.2 Å². The molecule has 3 aliphatic carbocycles. The summed E-state index contributed by atoms with van der Waals surface area (Å²) < 4.78 is 2.48. The fourth-order valence-electron chi connectivity index (χ4n) is 15.1. The van der Waals surface area contributed by atoms with Gasteiger partial charge in [0.05, 0.1) is 27.8 Å². The van der Waals surface area contributed by atoms with Gasteiger partial charge >= 0.3 is 0 Å². The van der Waals surface area contributed by atoms with E-state index in [0.29, 0.717) is 0 Å². The SMILES string of the molecule is CC1(C)c2ccccc2-c2c1ccc1c2-c2ccccc2C12c1ccccc1-c1ccc(-c3cc(-c4ccccc4)cc(N(c4ccccc4-c4ccccc4)c4cccc5c6ccccc6n(-c6ccc(-c7ccccc7)cc6)c45)c3)cc12. The summed E-state index contributed by atoms with van der Waals surface area (Å²) in [5.41, 5.74) is 31.4. The molecule has 394 valence electrons. The number of aromatic nitrogens is 1. The van der Waals surface area contributed by atoms with Crippen molar-refractivity contribution in [2.75, 3.05) is 4.90 Å². The molecule has 3 aliphatic rings. The molecule has 1 spiro atoms. The highest BCUT2D eigenvalue weighted by Crippen LogP contribution is 2.66. The number of rotatable bonds is 8. The molecule has 1 heterocycles. The molecule has 0 bridgehead atoms. The number of anilines is 3. The Kier molecular flexibility index (Phi) is 10.6. The summed E-state index contributed by atoms with van der Waals surface area (Å²) in [6, 6.07) is 114. The van der Waals surface area contributed by atoms with Crippen molar-refractivity contribution in [3.8, 4) is 83.6 Å². The third kappa shape index (κ3) is 6.92. The first kappa shape index (κ1) is 48.2. The van der Waals surface area contributed by atoms with Crippen LogP contribution in [0.25, 0.3) is 105 Å². The fraction of sp³-hybridized carbons (Fsp3) is 0.0488. The molecular weight excluding hydrogens is 1010 g/mol. The van der Waals surface area contributed by atoms with Crippen LogP contribution >= 0.6 is 0 Å². The number of fused-ring (bicyclic) bond motifs is 17. The van der Waals surface area contributed by atoms with E-state index in [1.165, 1.54) is 94.2 Å². The number of benzene rings is 13. The van der Waals surface area contributed by atoms with E-state index >= 15 is 0 Å². The van der Waals surface area contributed by atoms with Crippen molar-refractivity contribution in [1.29, 1.82) is 0 Å². The predicted molar refractivity (Wildman–Crippen MR) is 351 cm³/mol. The van der Waals surface area contributed by atoms with E-state index in [9.17, 15) is 0 Å².